The molecule has 2 fully saturated rings. The molecule has 0 saturated carbocycles. The lowest BCUT2D eigenvalue weighted by molar-refractivity contribution is -0.132. The molecule has 2 amide bonds. The predicted molar refractivity (Wildman–Crippen MR) is 254 cm³/mol. The molecule has 2 atom stereocenters. The minimum absolute atomic E-state index is 0.181. The van der Waals surface area contributed by atoms with E-state index >= 15 is 0 Å². The first-order chi connectivity index (χ1) is 30.4. The third kappa shape index (κ3) is 13.7. The summed E-state index contributed by atoms with van der Waals surface area (Å²) in [5, 5.41) is 6.65. The number of thiazole rings is 1. The second kappa shape index (κ2) is 25.4. The van der Waals surface area contributed by atoms with E-state index in [2.05, 4.69) is 64.4 Å². The number of nitrogens with one attached hydrogen (secondary N) is 4. The van der Waals surface area contributed by atoms with Crippen LogP contribution < -0.4 is 10.6 Å². The number of aromatic nitrogens is 5. The Morgan fingerprint density at radius 1 is 0.774 bits per heavy atom. The number of likely N-dealkylation sites (tertiary alicyclic amines) is 2. The first-order valence-corrected chi connectivity index (χ1v) is 23.4. The van der Waals surface area contributed by atoms with Crippen LogP contribution in [0.25, 0.3) is 40.4 Å². The minimum atomic E-state index is -0.649. The van der Waals surface area contributed by atoms with Gasteiger partial charge in [-0.25, -0.2) is 19.7 Å². The zero-order valence-corrected chi connectivity index (χ0v) is 38.5. The molecule has 0 radical (unpaired) electrons. The van der Waals surface area contributed by atoms with Crippen LogP contribution in [0, 0.1) is 0 Å². The fraction of sp³-hybridized carbons (Fsp3) is 0.348. The summed E-state index contributed by atoms with van der Waals surface area (Å²) in [5.41, 5.74) is 3.82. The molecule has 62 heavy (non-hydrogen) atoms. The molecule has 2 aliphatic heterocycles. The van der Waals surface area contributed by atoms with Gasteiger partial charge in [-0.3, -0.25) is 4.79 Å². The third-order valence-corrected chi connectivity index (χ3v) is 13.3. The Labute approximate surface area is 376 Å². The van der Waals surface area contributed by atoms with Gasteiger partial charge < -0.3 is 39.9 Å². The summed E-state index contributed by atoms with van der Waals surface area (Å²) >= 11 is 5.26. The van der Waals surface area contributed by atoms with Gasteiger partial charge in [-0.15, -0.1) is 34.0 Å². The summed E-state index contributed by atoms with van der Waals surface area (Å²) in [5.74, 6) is 0.218. The number of fused-ring (bicyclic) bond motifs is 1. The predicted octanol–water partition coefficient (Wildman–Crippen LogP) is 9.85. The number of imidazole rings is 2. The number of amides is 2. The summed E-state index contributed by atoms with van der Waals surface area (Å²) < 4.78 is 6.99. The molecule has 7 heterocycles. The number of aromatic amines is 2. The van der Waals surface area contributed by atoms with Gasteiger partial charge >= 0.3 is 6.09 Å². The van der Waals surface area contributed by atoms with Crippen molar-refractivity contribution in [1.82, 2.24) is 45.4 Å². The Hall–Kier alpha value is -5.52. The zero-order valence-electron chi connectivity index (χ0n) is 36.0. The van der Waals surface area contributed by atoms with Crippen molar-refractivity contribution in [3.05, 3.63) is 115 Å². The summed E-state index contributed by atoms with van der Waals surface area (Å²) in [7, 11) is 3.43. The highest BCUT2D eigenvalue weighted by molar-refractivity contribution is 7.32. The molecule has 2 aromatic carbocycles. The van der Waals surface area contributed by atoms with Gasteiger partial charge in [0.25, 0.3) is 0 Å². The van der Waals surface area contributed by atoms with Crippen molar-refractivity contribution >= 4 is 61.7 Å². The van der Waals surface area contributed by atoms with Crippen molar-refractivity contribution in [2.75, 3.05) is 46.9 Å². The topological polar surface area (TPSA) is 161 Å². The SMILES string of the molecule is CC.CCNC(C(=O)N1CCCC1)c1ccccc1.CN1CCCC1.COC(=O)NC(C=O)c1ccccc1.c1ncc(-c2cc3sc(-c4cnc(-c5cnc[nH]5)s4)cc3s2)[nH]1. The Balaban J connectivity index is 0.000000166. The summed E-state index contributed by atoms with van der Waals surface area (Å²) in [6.07, 6.45) is 14.1. The molecule has 13 nitrogen and oxygen atoms in total. The van der Waals surface area contributed by atoms with Crippen LogP contribution in [0.15, 0.2) is 104 Å². The molecule has 2 aliphatic rings. The van der Waals surface area contributed by atoms with E-state index in [1.165, 1.54) is 57.1 Å². The van der Waals surface area contributed by atoms with Gasteiger partial charge in [-0.1, -0.05) is 81.4 Å². The van der Waals surface area contributed by atoms with E-state index in [1.807, 2.05) is 74.5 Å². The number of thiophene rings is 2. The van der Waals surface area contributed by atoms with Crippen molar-refractivity contribution in [2.24, 2.45) is 0 Å². The van der Waals surface area contributed by atoms with Gasteiger partial charge in [0.05, 0.1) is 53.3 Å². The first kappa shape index (κ1) is 47.5. The first-order valence-electron chi connectivity index (χ1n) is 20.9. The summed E-state index contributed by atoms with van der Waals surface area (Å²) in [6, 6.07) is 22.6. The lowest BCUT2D eigenvalue weighted by Gasteiger charge is -2.24. The van der Waals surface area contributed by atoms with Gasteiger partial charge in [0, 0.05) is 33.6 Å². The van der Waals surface area contributed by atoms with E-state index in [4.69, 9.17) is 0 Å². The molecule has 7 aromatic rings. The second-order valence-electron chi connectivity index (χ2n) is 14.0. The number of rotatable bonds is 10. The molecule has 0 bridgehead atoms. The minimum Gasteiger partial charge on any atom is -0.453 e. The van der Waals surface area contributed by atoms with Gasteiger partial charge in [0.1, 0.15) is 23.4 Å². The maximum atomic E-state index is 12.4. The van der Waals surface area contributed by atoms with Crippen LogP contribution in [0.4, 0.5) is 4.79 Å². The molecule has 328 valence electrons. The molecule has 0 aliphatic carbocycles. The Morgan fingerprint density at radius 2 is 1.34 bits per heavy atom. The van der Waals surface area contributed by atoms with Crippen LogP contribution in [0.3, 0.4) is 0 Å². The number of aldehydes is 1. The second-order valence-corrected chi connectivity index (χ2v) is 17.2. The van der Waals surface area contributed by atoms with E-state index in [-0.39, 0.29) is 11.9 Å². The van der Waals surface area contributed by atoms with Crippen LogP contribution in [-0.2, 0) is 14.3 Å². The number of nitrogens with zero attached hydrogens (tertiary/aromatic N) is 5. The molecular weight excluding hydrogens is 839 g/mol. The number of methoxy groups -OCH3 is 1. The average molecular weight is 896 g/mol. The van der Waals surface area contributed by atoms with E-state index in [9.17, 15) is 14.4 Å². The van der Waals surface area contributed by atoms with E-state index in [0.29, 0.717) is 6.29 Å². The standard InChI is InChI=1S/C15H9N5S3.C14H20N2O.C10H11NO3.C5H11N.C2H6/c1-10(8-3-16-6-19-8)21-12-2-13(22-11(1)12)14-5-18-15(23-14)9-4-17-7-20-9;1-2-15-13(12-8-4-3-5-9-12)14(17)16-10-6-7-11-16;1-14-10(13)11-9(7-12)8-5-3-2-4-6-8;1-6-4-2-3-5-6;1-2/h1-7H,(H,16,19)(H,17,20);3-5,8-9,13,15H,2,6-7,10-11H2,1H3;2-7,9H,1H3,(H,11,13);2-5H2,1H3;1-2H3. The zero-order chi connectivity index (χ0) is 44.1. The molecule has 2 saturated heterocycles. The number of alkyl carbamates (subject to hydrolysis) is 1. The van der Waals surface area contributed by atoms with Crippen LogP contribution in [0.5, 0.6) is 0 Å². The highest BCUT2D eigenvalue weighted by Gasteiger charge is 2.26. The number of carbonyl (C=O) groups excluding carboxylic acids is 3. The molecule has 5 aromatic heterocycles. The lowest BCUT2D eigenvalue weighted by atomic mass is 10.1. The van der Waals surface area contributed by atoms with Crippen molar-refractivity contribution in [3.8, 4) is 31.0 Å². The average Bonchev–Trinajstić information content (AvgIpc) is 4.16. The Bertz CT molecular complexity index is 2280. The molecule has 0 spiro atoms. The van der Waals surface area contributed by atoms with E-state index < -0.39 is 12.1 Å². The van der Waals surface area contributed by atoms with Crippen LogP contribution in [-0.4, -0.2) is 99.9 Å². The molecule has 9 rings (SSSR count). The lowest BCUT2D eigenvalue weighted by Crippen LogP contribution is -2.39. The normalized spacial score (nSPS) is 14.1. The maximum Gasteiger partial charge on any atom is 0.407 e. The summed E-state index contributed by atoms with van der Waals surface area (Å²) in [4.78, 5) is 60.8. The van der Waals surface area contributed by atoms with E-state index in [1.54, 1.807) is 77.1 Å². The molecule has 4 N–H and O–H groups in total. The van der Waals surface area contributed by atoms with Crippen molar-refractivity contribution in [1.29, 1.82) is 0 Å². The van der Waals surface area contributed by atoms with Gasteiger partial charge in [0.15, 0.2) is 0 Å². The number of hydrogen-bond acceptors (Lipinski definition) is 12. The van der Waals surface area contributed by atoms with Gasteiger partial charge in [0.2, 0.25) is 5.91 Å². The number of hydrogen-bond donors (Lipinski definition) is 4. The third-order valence-electron chi connectivity index (χ3n) is 9.74. The number of ether oxygens (including phenoxy) is 1. The van der Waals surface area contributed by atoms with Crippen LogP contribution in [0.1, 0.15) is 69.7 Å². The van der Waals surface area contributed by atoms with Gasteiger partial charge in [-0.2, -0.15) is 0 Å². The molecule has 2 unspecified atom stereocenters. The van der Waals surface area contributed by atoms with E-state index in [0.717, 1.165) is 60.0 Å². The van der Waals surface area contributed by atoms with Gasteiger partial charge in [-0.05, 0) is 75.6 Å². The monoisotopic (exact) mass is 895 g/mol. The quantitative estimate of drug-likeness (QED) is 0.0980. The molecule has 16 heteroatoms. The van der Waals surface area contributed by atoms with Crippen LogP contribution >= 0.6 is 34.0 Å². The largest absolute Gasteiger partial charge is 0.453 e. The fourth-order valence-corrected chi connectivity index (χ4v) is 9.93. The number of likely N-dealkylation sites (N-methyl/N-ethyl adjacent to an activating group) is 1. The highest BCUT2D eigenvalue weighted by Crippen LogP contribution is 2.43. The smallest absolute Gasteiger partial charge is 0.407 e. The van der Waals surface area contributed by atoms with Crippen LogP contribution in [0.2, 0.25) is 0 Å². The Morgan fingerprint density at radius 3 is 1.87 bits per heavy atom. The molecular formula is C46H57N9O4S3. The highest BCUT2D eigenvalue weighted by atomic mass is 32.1. The van der Waals surface area contributed by atoms with Crippen molar-refractivity contribution in [3.63, 3.8) is 0 Å². The fourth-order valence-electron chi connectivity index (χ4n) is 6.60. The number of carbonyl (C=O) groups is 3. The van der Waals surface area contributed by atoms with Crippen molar-refractivity contribution < 1.29 is 19.1 Å². The van der Waals surface area contributed by atoms with Crippen molar-refractivity contribution in [2.45, 2.75) is 58.5 Å². The summed E-state index contributed by atoms with van der Waals surface area (Å²) in [6.45, 7) is 11.3. The Kier molecular flexibility index (Phi) is 19.5. The maximum absolute atomic E-state index is 12.4. The number of H-pyrrole nitrogens is 2. The number of benzene rings is 2.